The Kier molecular flexibility index (Phi) is 7.90. The van der Waals surface area contributed by atoms with Crippen LogP contribution in [0.1, 0.15) is 24.5 Å². The number of hydrogen-bond donors (Lipinski definition) is 1. The fraction of sp³-hybridized carbons (Fsp3) is 0.261. The third-order valence-electron chi connectivity index (χ3n) is 4.45. The third kappa shape index (κ3) is 5.55. The number of Topliss-reactive ketones (excluding diaryl/α,β-unsaturated/α-hetero) is 1. The maximum absolute atomic E-state index is 13.2. The molecule has 0 spiro atoms. The highest BCUT2D eigenvalue weighted by atomic mass is 35.5. The summed E-state index contributed by atoms with van der Waals surface area (Å²) in [6, 6.07) is 12.8. The number of aliphatic hydroxyl groups excluding tert-OH is 1. The molecule has 0 unspecified atom stereocenters. The molecule has 3 rings (SSSR count). The zero-order valence-electron chi connectivity index (χ0n) is 17.3. The number of anilines is 1. The van der Waals surface area contributed by atoms with Crippen LogP contribution < -0.4 is 9.64 Å². The molecule has 0 aliphatic carbocycles. The Labute approximate surface area is 190 Å². The molecule has 2 aromatic rings. The Morgan fingerprint density at radius 2 is 2.06 bits per heavy atom. The molecule has 1 fully saturated rings. The van der Waals surface area contributed by atoms with Gasteiger partial charge >= 0.3 is 0 Å². The predicted molar refractivity (Wildman–Crippen MR) is 126 cm³/mol. The van der Waals surface area contributed by atoms with Crippen LogP contribution in [0.15, 0.2) is 52.4 Å². The summed E-state index contributed by atoms with van der Waals surface area (Å²) in [6.45, 7) is 3.80. The highest BCUT2D eigenvalue weighted by Crippen LogP contribution is 2.38. The monoisotopic (exact) mass is 458 g/mol. The molecular weight excluding hydrogens is 436 g/mol. The molecular formula is C23H23ClN2O4S. The number of rotatable bonds is 8. The second kappa shape index (κ2) is 10.6. The highest BCUT2D eigenvalue weighted by molar-refractivity contribution is 8.19. The van der Waals surface area contributed by atoms with Crippen LogP contribution in [0.25, 0.3) is 6.08 Å². The minimum absolute atomic E-state index is 0.140. The topological polar surface area (TPSA) is 79.2 Å². The zero-order chi connectivity index (χ0) is 22.4. The minimum Gasteiger partial charge on any atom is -0.484 e. The number of thioether (sulfide) groups is 1. The largest absolute Gasteiger partial charge is 0.484 e. The second-order valence-electron chi connectivity index (χ2n) is 6.88. The van der Waals surface area contributed by atoms with Gasteiger partial charge in [-0.05, 0) is 60.5 Å². The summed E-state index contributed by atoms with van der Waals surface area (Å²) in [6.07, 6.45) is 2.65. The lowest BCUT2D eigenvalue weighted by molar-refractivity contribution is -0.123. The number of aryl methyl sites for hydroxylation is 1. The summed E-state index contributed by atoms with van der Waals surface area (Å²) >= 11 is 7.60. The van der Waals surface area contributed by atoms with Crippen molar-refractivity contribution in [2.75, 3.05) is 24.7 Å². The molecule has 2 aromatic carbocycles. The number of ketones is 1. The van der Waals surface area contributed by atoms with E-state index >= 15 is 0 Å². The fourth-order valence-corrected chi connectivity index (χ4v) is 4.13. The smallest absolute Gasteiger partial charge is 0.271 e. The van der Waals surface area contributed by atoms with Crippen molar-refractivity contribution in [3.63, 3.8) is 0 Å². The van der Waals surface area contributed by atoms with Gasteiger partial charge in [0.1, 0.15) is 19.0 Å². The van der Waals surface area contributed by atoms with Crippen molar-refractivity contribution in [2.45, 2.75) is 20.3 Å². The molecule has 0 radical (unpaired) electrons. The molecule has 1 aliphatic rings. The zero-order valence-corrected chi connectivity index (χ0v) is 18.9. The van der Waals surface area contributed by atoms with Gasteiger partial charge in [0.15, 0.2) is 11.0 Å². The first-order valence-electron chi connectivity index (χ1n) is 9.83. The van der Waals surface area contributed by atoms with E-state index in [1.165, 1.54) is 11.8 Å². The average Bonchev–Trinajstić information content (AvgIpc) is 3.06. The Morgan fingerprint density at radius 1 is 1.29 bits per heavy atom. The molecule has 1 N–H and O–H groups in total. The van der Waals surface area contributed by atoms with Crippen LogP contribution in [0.3, 0.4) is 0 Å². The van der Waals surface area contributed by atoms with E-state index < -0.39 is 12.4 Å². The summed E-state index contributed by atoms with van der Waals surface area (Å²) in [4.78, 5) is 31.3. The van der Waals surface area contributed by atoms with Crippen molar-refractivity contribution >= 4 is 52.0 Å². The number of halogens is 1. The SMILES string of the molecule is CCC/N=C1/S/C(=C/c2ccc(OCC(=O)CO)c(Cl)c2)C(=O)N1c1ccccc1C. The van der Waals surface area contributed by atoms with Crippen LogP contribution in [-0.4, -0.2) is 41.7 Å². The number of benzene rings is 2. The molecule has 1 amide bonds. The summed E-state index contributed by atoms with van der Waals surface area (Å²) in [7, 11) is 0. The van der Waals surface area contributed by atoms with Crippen LogP contribution in [0.5, 0.6) is 5.75 Å². The fourth-order valence-electron chi connectivity index (χ4n) is 2.89. The van der Waals surface area contributed by atoms with E-state index in [9.17, 15) is 9.59 Å². The highest BCUT2D eigenvalue weighted by Gasteiger charge is 2.35. The van der Waals surface area contributed by atoms with Gasteiger partial charge in [0.05, 0.1) is 15.6 Å². The van der Waals surface area contributed by atoms with Crippen molar-refractivity contribution in [3.8, 4) is 5.75 Å². The van der Waals surface area contributed by atoms with Gasteiger partial charge in [0.25, 0.3) is 5.91 Å². The Balaban J connectivity index is 1.88. The number of hydrogen-bond acceptors (Lipinski definition) is 6. The third-order valence-corrected chi connectivity index (χ3v) is 5.75. The first-order chi connectivity index (χ1) is 14.9. The van der Waals surface area contributed by atoms with Gasteiger partial charge in [0.2, 0.25) is 0 Å². The standard InChI is InChI=1S/C23H23ClN2O4S/c1-3-10-25-23-26(19-7-5-4-6-15(19)2)22(29)21(31-23)12-16-8-9-20(18(24)11-16)30-14-17(28)13-27/h4-9,11-12,27H,3,10,13-14H2,1-2H3/b21-12+,25-23+. The van der Waals surface area contributed by atoms with E-state index in [1.54, 1.807) is 29.2 Å². The number of amidine groups is 1. The Bertz CT molecular complexity index is 1050. The predicted octanol–water partition coefficient (Wildman–Crippen LogP) is 4.48. The number of amides is 1. The first kappa shape index (κ1) is 23.1. The van der Waals surface area contributed by atoms with E-state index in [0.717, 1.165) is 23.2 Å². The molecule has 0 aromatic heterocycles. The quantitative estimate of drug-likeness (QED) is 0.590. The summed E-state index contributed by atoms with van der Waals surface area (Å²) in [5.74, 6) is -0.243. The molecule has 1 heterocycles. The van der Waals surface area contributed by atoms with Crippen LogP contribution in [0.2, 0.25) is 5.02 Å². The Morgan fingerprint density at radius 3 is 2.74 bits per heavy atom. The van der Waals surface area contributed by atoms with Crippen molar-refractivity contribution in [3.05, 3.63) is 63.5 Å². The first-order valence-corrected chi connectivity index (χ1v) is 11.0. The molecule has 0 bridgehead atoms. The molecule has 6 nitrogen and oxygen atoms in total. The van der Waals surface area contributed by atoms with Crippen molar-refractivity contribution in [2.24, 2.45) is 4.99 Å². The van der Waals surface area contributed by atoms with E-state index in [1.807, 2.05) is 38.1 Å². The number of carbonyl (C=O) groups excluding carboxylic acids is 2. The van der Waals surface area contributed by atoms with Gasteiger partial charge in [-0.3, -0.25) is 19.5 Å². The van der Waals surface area contributed by atoms with Gasteiger partial charge in [-0.15, -0.1) is 0 Å². The normalized spacial score (nSPS) is 16.4. The number of carbonyl (C=O) groups is 2. The number of para-hydroxylation sites is 1. The molecule has 1 saturated heterocycles. The molecule has 0 atom stereocenters. The summed E-state index contributed by atoms with van der Waals surface area (Å²) in [5, 5.41) is 9.75. The van der Waals surface area contributed by atoms with Crippen molar-refractivity contribution in [1.29, 1.82) is 0 Å². The van der Waals surface area contributed by atoms with Gasteiger partial charge in [-0.2, -0.15) is 0 Å². The molecule has 1 aliphatic heterocycles. The van der Waals surface area contributed by atoms with Crippen molar-refractivity contribution < 1.29 is 19.4 Å². The average molecular weight is 459 g/mol. The molecule has 31 heavy (non-hydrogen) atoms. The number of nitrogens with zero attached hydrogens (tertiary/aromatic N) is 2. The van der Waals surface area contributed by atoms with Crippen LogP contribution >= 0.6 is 23.4 Å². The Hall–Kier alpha value is -2.61. The lowest BCUT2D eigenvalue weighted by Gasteiger charge is -2.17. The van der Waals surface area contributed by atoms with E-state index in [0.29, 0.717) is 27.4 Å². The van der Waals surface area contributed by atoms with Gasteiger partial charge in [-0.25, -0.2) is 0 Å². The van der Waals surface area contributed by atoms with Crippen LogP contribution in [-0.2, 0) is 9.59 Å². The van der Waals surface area contributed by atoms with E-state index in [-0.39, 0.29) is 12.5 Å². The molecule has 0 saturated carbocycles. The van der Waals surface area contributed by atoms with Gasteiger partial charge in [0, 0.05) is 6.54 Å². The van der Waals surface area contributed by atoms with Crippen LogP contribution in [0, 0.1) is 6.92 Å². The maximum atomic E-state index is 13.2. The molecule has 162 valence electrons. The molecule has 8 heteroatoms. The lowest BCUT2D eigenvalue weighted by Crippen LogP contribution is -2.29. The summed E-state index contributed by atoms with van der Waals surface area (Å²) in [5.41, 5.74) is 2.53. The number of aliphatic imine (C=N–C) groups is 1. The summed E-state index contributed by atoms with van der Waals surface area (Å²) < 4.78 is 5.32. The number of aliphatic hydroxyl groups is 1. The van der Waals surface area contributed by atoms with Crippen molar-refractivity contribution in [1.82, 2.24) is 0 Å². The van der Waals surface area contributed by atoms with E-state index in [4.69, 9.17) is 21.4 Å². The minimum atomic E-state index is -0.583. The second-order valence-corrected chi connectivity index (χ2v) is 8.29. The maximum Gasteiger partial charge on any atom is 0.271 e. The van der Waals surface area contributed by atoms with E-state index in [2.05, 4.69) is 4.99 Å². The van der Waals surface area contributed by atoms with Crippen LogP contribution in [0.4, 0.5) is 5.69 Å². The number of ether oxygens (including phenoxy) is 1. The van der Waals surface area contributed by atoms with Gasteiger partial charge < -0.3 is 9.84 Å². The lowest BCUT2D eigenvalue weighted by atomic mass is 10.1. The van der Waals surface area contributed by atoms with Gasteiger partial charge in [-0.1, -0.05) is 42.8 Å².